The minimum atomic E-state index is -3.77. The highest BCUT2D eigenvalue weighted by atomic mass is 79.9. The third kappa shape index (κ3) is 5.71. The second-order valence-electron chi connectivity index (χ2n) is 6.29. The summed E-state index contributed by atoms with van der Waals surface area (Å²) < 4.78 is 38.1. The van der Waals surface area contributed by atoms with Gasteiger partial charge in [0.05, 0.1) is 31.7 Å². The Balaban J connectivity index is 2.10. The lowest BCUT2D eigenvalue weighted by Crippen LogP contribution is -2.41. The van der Waals surface area contributed by atoms with Crippen LogP contribution in [-0.4, -0.2) is 45.9 Å². The van der Waals surface area contributed by atoms with E-state index in [1.165, 1.54) is 19.2 Å². The van der Waals surface area contributed by atoms with Crippen LogP contribution in [0.15, 0.2) is 51.8 Å². The van der Waals surface area contributed by atoms with Gasteiger partial charge in [0.1, 0.15) is 0 Å². The quantitative estimate of drug-likeness (QED) is 0.589. The number of halogens is 1. The second-order valence-corrected chi connectivity index (χ2v) is 9.14. The van der Waals surface area contributed by atoms with Crippen LogP contribution in [0.1, 0.15) is 25.5 Å². The molecule has 0 unspecified atom stereocenters. The lowest BCUT2D eigenvalue weighted by molar-refractivity contribution is -0.121. The number of hydrogen-bond donors (Lipinski definition) is 1. The van der Waals surface area contributed by atoms with Gasteiger partial charge >= 0.3 is 0 Å². The first-order valence-corrected chi connectivity index (χ1v) is 11.2. The van der Waals surface area contributed by atoms with Gasteiger partial charge in [0, 0.05) is 11.0 Å². The molecule has 0 aliphatic heterocycles. The number of sulfonamides is 1. The maximum absolute atomic E-state index is 12.8. The van der Waals surface area contributed by atoms with Gasteiger partial charge in [-0.2, -0.15) is 4.31 Å². The molecule has 1 N–H and O–H groups in total. The first-order valence-electron chi connectivity index (χ1n) is 9.00. The van der Waals surface area contributed by atoms with Gasteiger partial charge in [-0.1, -0.05) is 28.9 Å². The minimum Gasteiger partial charge on any atom is -0.493 e. The monoisotopic (exact) mass is 484 g/mol. The SMILES string of the molecule is CCN(CC(=O)N[C@@H](C)c1ccc(OC)c(OC)c1)S(=O)(=O)c1ccc(Br)cc1. The molecular formula is C20H25BrN2O5S. The zero-order chi connectivity index (χ0) is 21.6. The molecule has 0 fully saturated rings. The number of benzene rings is 2. The summed E-state index contributed by atoms with van der Waals surface area (Å²) in [4.78, 5) is 12.7. The Morgan fingerprint density at radius 3 is 2.28 bits per heavy atom. The summed E-state index contributed by atoms with van der Waals surface area (Å²) in [5.74, 6) is 0.751. The summed E-state index contributed by atoms with van der Waals surface area (Å²) in [5, 5.41) is 2.83. The van der Waals surface area contributed by atoms with E-state index < -0.39 is 15.9 Å². The average molecular weight is 485 g/mol. The molecule has 0 spiro atoms. The highest BCUT2D eigenvalue weighted by Crippen LogP contribution is 2.29. The van der Waals surface area contributed by atoms with E-state index in [0.29, 0.717) is 11.5 Å². The molecule has 158 valence electrons. The number of likely N-dealkylation sites (N-methyl/N-ethyl adjacent to an activating group) is 1. The van der Waals surface area contributed by atoms with E-state index in [0.717, 1.165) is 14.3 Å². The molecule has 2 aromatic carbocycles. The van der Waals surface area contributed by atoms with Crippen molar-refractivity contribution < 1.29 is 22.7 Å². The van der Waals surface area contributed by atoms with Gasteiger partial charge in [-0.05, 0) is 48.9 Å². The molecular weight excluding hydrogens is 460 g/mol. The van der Waals surface area contributed by atoms with E-state index in [1.54, 1.807) is 38.3 Å². The summed E-state index contributed by atoms with van der Waals surface area (Å²) in [6.07, 6.45) is 0. The highest BCUT2D eigenvalue weighted by molar-refractivity contribution is 9.10. The Bertz CT molecular complexity index is 948. The van der Waals surface area contributed by atoms with Gasteiger partial charge < -0.3 is 14.8 Å². The smallest absolute Gasteiger partial charge is 0.243 e. The van der Waals surface area contributed by atoms with E-state index in [-0.39, 0.29) is 24.0 Å². The molecule has 9 heteroatoms. The molecule has 0 saturated heterocycles. The third-order valence-corrected chi connectivity index (χ3v) is 6.87. The van der Waals surface area contributed by atoms with Crippen molar-refractivity contribution in [2.75, 3.05) is 27.3 Å². The lowest BCUT2D eigenvalue weighted by Gasteiger charge is -2.22. The van der Waals surface area contributed by atoms with E-state index in [9.17, 15) is 13.2 Å². The van der Waals surface area contributed by atoms with Crippen molar-refractivity contribution in [3.63, 3.8) is 0 Å². The van der Waals surface area contributed by atoms with E-state index in [2.05, 4.69) is 21.2 Å². The number of methoxy groups -OCH3 is 2. The average Bonchev–Trinajstić information content (AvgIpc) is 2.71. The van der Waals surface area contributed by atoms with Gasteiger partial charge in [0.25, 0.3) is 0 Å². The zero-order valence-electron chi connectivity index (χ0n) is 16.8. The Labute approximate surface area is 180 Å². The molecule has 0 radical (unpaired) electrons. The number of nitrogens with one attached hydrogen (secondary N) is 1. The highest BCUT2D eigenvalue weighted by Gasteiger charge is 2.26. The maximum Gasteiger partial charge on any atom is 0.243 e. The van der Waals surface area contributed by atoms with Crippen LogP contribution in [-0.2, 0) is 14.8 Å². The predicted molar refractivity (Wildman–Crippen MR) is 115 cm³/mol. The molecule has 2 rings (SSSR count). The molecule has 0 saturated carbocycles. The summed E-state index contributed by atoms with van der Waals surface area (Å²) in [7, 11) is -0.680. The van der Waals surface area contributed by atoms with E-state index in [4.69, 9.17) is 9.47 Å². The molecule has 7 nitrogen and oxygen atoms in total. The van der Waals surface area contributed by atoms with Crippen LogP contribution < -0.4 is 14.8 Å². The molecule has 0 aromatic heterocycles. The van der Waals surface area contributed by atoms with Gasteiger partial charge in [0.2, 0.25) is 15.9 Å². The molecule has 2 aromatic rings. The first-order chi connectivity index (χ1) is 13.7. The van der Waals surface area contributed by atoms with Crippen LogP contribution in [0.3, 0.4) is 0 Å². The van der Waals surface area contributed by atoms with Gasteiger partial charge in [-0.25, -0.2) is 8.42 Å². The maximum atomic E-state index is 12.8. The van der Waals surface area contributed by atoms with Crippen LogP contribution in [0.2, 0.25) is 0 Å². The Hall–Kier alpha value is -2.10. The Kier molecular flexibility index (Phi) is 8.06. The van der Waals surface area contributed by atoms with Gasteiger partial charge in [0.15, 0.2) is 11.5 Å². The number of ether oxygens (including phenoxy) is 2. The molecule has 1 atom stereocenters. The van der Waals surface area contributed by atoms with Crippen LogP contribution in [0.25, 0.3) is 0 Å². The van der Waals surface area contributed by atoms with Gasteiger partial charge in [-0.15, -0.1) is 0 Å². The molecule has 29 heavy (non-hydrogen) atoms. The fourth-order valence-electron chi connectivity index (χ4n) is 2.78. The number of carbonyl (C=O) groups is 1. The van der Waals surface area contributed by atoms with Crippen molar-refractivity contribution in [3.8, 4) is 11.5 Å². The Morgan fingerprint density at radius 1 is 1.10 bits per heavy atom. The van der Waals surface area contributed by atoms with Crippen molar-refractivity contribution in [1.82, 2.24) is 9.62 Å². The number of hydrogen-bond acceptors (Lipinski definition) is 5. The third-order valence-electron chi connectivity index (χ3n) is 4.41. The fraction of sp³-hybridized carbons (Fsp3) is 0.350. The van der Waals surface area contributed by atoms with Crippen molar-refractivity contribution >= 4 is 31.9 Å². The topological polar surface area (TPSA) is 84.9 Å². The largest absolute Gasteiger partial charge is 0.493 e. The van der Waals surface area contributed by atoms with Crippen LogP contribution in [0.5, 0.6) is 11.5 Å². The molecule has 0 bridgehead atoms. The van der Waals surface area contributed by atoms with Crippen LogP contribution >= 0.6 is 15.9 Å². The van der Waals surface area contributed by atoms with Gasteiger partial charge in [-0.3, -0.25) is 4.79 Å². The standard InChI is InChI=1S/C20H25BrN2O5S/c1-5-23(29(25,26)17-9-7-16(21)8-10-17)13-20(24)22-14(2)15-6-11-18(27-3)19(12-15)28-4/h6-12,14H,5,13H2,1-4H3,(H,22,24)/t14-/m0/s1. The second kappa shape index (κ2) is 10.1. The zero-order valence-corrected chi connectivity index (χ0v) is 19.2. The van der Waals surface area contributed by atoms with E-state index in [1.807, 2.05) is 13.0 Å². The summed E-state index contributed by atoms with van der Waals surface area (Å²) in [6.45, 7) is 3.42. The molecule has 1 amide bonds. The number of nitrogens with zero attached hydrogens (tertiary/aromatic N) is 1. The lowest BCUT2D eigenvalue weighted by atomic mass is 10.1. The first kappa shape index (κ1) is 23.2. The van der Waals surface area contributed by atoms with Crippen LogP contribution in [0.4, 0.5) is 0 Å². The van der Waals surface area contributed by atoms with Crippen LogP contribution in [0, 0.1) is 0 Å². The summed E-state index contributed by atoms with van der Waals surface area (Å²) in [6, 6.07) is 11.3. The van der Waals surface area contributed by atoms with Crippen molar-refractivity contribution in [2.45, 2.75) is 24.8 Å². The Morgan fingerprint density at radius 2 is 1.72 bits per heavy atom. The predicted octanol–water partition coefficient (Wildman–Crippen LogP) is 3.35. The normalized spacial score (nSPS) is 12.5. The van der Waals surface area contributed by atoms with E-state index >= 15 is 0 Å². The molecule has 0 heterocycles. The summed E-state index contributed by atoms with van der Waals surface area (Å²) in [5.41, 5.74) is 0.815. The summed E-state index contributed by atoms with van der Waals surface area (Å²) >= 11 is 3.29. The van der Waals surface area contributed by atoms with Crippen molar-refractivity contribution in [3.05, 3.63) is 52.5 Å². The minimum absolute atomic E-state index is 0.142. The number of rotatable bonds is 9. The molecule has 0 aliphatic rings. The fourth-order valence-corrected chi connectivity index (χ4v) is 4.44. The number of carbonyl (C=O) groups excluding carboxylic acids is 1. The van der Waals surface area contributed by atoms with Crippen molar-refractivity contribution in [1.29, 1.82) is 0 Å². The van der Waals surface area contributed by atoms with Crippen molar-refractivity contribution in [2.24, 2.45) is 0 Å². The number of amides is 1. The molecule has 0 aliphatic carbocycles.